The van der Waals surface area contributed by atoms with Crippen LogP contribution in [0.1, 0.15) is 9.75 Å². The predicted molar refractivity (Wildman–Crippen MR) is 61.9 cm³/mol. The summed E-state index contributed by atoms with van der Waals surface area (Å²) in [6.45, 7) is 0. The molecule has 0 saturated carbocycles. The second-order valence-electron chi connectivity index (χ2n) is 2.59. The molecule has 0 nitrogen and oxygen atoms in total. The van der Waals surface area contributed by atoms with Gasteiger partial charge >= 0.3 is 21.2 Å². The fourth-order valence-corrected chi connectivity index (χ4v) is 6.91. The Labute approximate surface area is 108 Å². The van der Waals surface area contributed by atoms with Gasteiger partial charge in [0, 0.05) is 12.1 Å². The van der Waals surface area contributed by atoms with E-state index in [0.717, 1.165) is 9.75 Å². The number of terminal acetylenes is 2. The van der Waals surface area contributed by atoms with Gasteiger partial charge in [0.25, 0.3) is 0 Å². The topological polar surface area (TPSA) is 0 Å². The molecule has 0 radical (unpaired) electrons. The molecule has 0 amide bonds. The zero-order valence-corrected chi connectivity index (χ0v) is 11.4. The minimum Gasteiger partial charge on any atom is -0.114 e. The van der Waals surface area contributed by atoms with Crippen molar-refractivity contribution in [3.63, 3.8) is 0 Å². The van der Waals surface area contributed by atoms with Crippen molar-refractivity contribution in [3.05, 3.63) is 39.8 Å². The van der Waals surface area contributed by atoms with Crippen LogP contribution in [0.25, 0.3) is 0 Å². The van der Waals surface area contributed by atoms with Gasteiger partial charge in [-0.1, -0.05) is 34.5 Å². The molecule has 2 aromatic rings. The molecule has 0 atom stereocenters. The van der Waals surface area contributed by atoms with Gasteiger partial charge in [0.1, 0.15) is 0 Å². The lowest BCUT2D eigenvalue weighted by Gasteiger charge is -1.73. The zero-order chi connectivity index (χ0) is 10.7. The fraction of sp³-hybridized carbons (Fsp3) is 0. The van der Waals surface area contributed by atoms with E-state index in [1.54, 1.807) is 22.7 Å². The quantitative estimate of drug-likeness (QED) is 0.529. The van der Waals surface area contributed by atoms with Crippen molar-refractivity contribution in [1.82, 2.24) is 0 Å². The van der Waals surface area contributed by atoms with Crippen LogP contribution in [0, 0.1) is 30.5 Å². The maximum atomic E-state index is 5.33. The van der Waals surface area contributed by atoms with Crippen LogP contribution in [-0.2, 0) is 0 Å². The van der Waals surface area contributed by atoms with E-state index >= 15 is 0 Å². The van der Waals surface area contributed by atoms with Gasteiger partial charge in [-0.05, 0) is 12.1 Å². The van der Waals surface area contributed by atoms with E-state index in [9.17, 15) is 0 Å². The van der Waals surface area contributed by atoms with E-state index in [1.165, 1.54) is 5.77 Å². The molecular formula is C12H6IS2+. The normalized spacial score (nSPS) is 9.47. The third-order valence-corrected chi connectivity index (χ3v) is 7.37. The summed E-state index contributed by atoms with van der Waals surface area (Å²) in [4.78, 5) is 2.02. The zero-order valence-electron chi connectivity index (χ0n) is 7.66. The summed E-state index contributed by atoms with van der Waals surface area (Å²) >= 11 is 3.33. The van der Waals surface area contributed by atoms with Crippen LogP contribution in [-0.4, -0.2) is 0 Å². The third kappa shape index (κ3) is 2.63. The Morgan fingerprint density at radius 2 is 1.33 bits per heavy atom. The van der Waals surface area contributed by atoms with Crippen molar-refractivity contribution >= 4 is 22.7 Å². The van der Waals surface area contributed by atoms with Gasteiger partial charge in [-0.15, -0.1) is 12.8 Å². The first kappa shape index (κ1) is 10.8. The number of halogens is 1. The van der Waals surface area contributed by atoms with E-state index in [1.807, 2.05) is 12.1 Å². The van der Waals surface area contributed by atoms with Crippen LogP contribution in [0.2, 0.25) is 0 Å². The molecule has 15 heavy (non-hydrogen) atoms. The molecule has 0 fully saturated rings. The van der Waals surface area contributed by atoms with Gasteiger partial charge < -0.3 is 0 Å². The minimum absolute atomic E-state index is 0.0959. The summed E-state index contributed by atoms with van der Waals surface area (Å²) in [7, 11) is 0. The van der Waals surface area contributed by atoms with Gasteiger partial charge in [-0.2, -0.15) is 0 Å². The Morgan fingerprint density at radius 3 is 1.67 bits per heavy atom. The highest BCUT2D eigenvalue weighted by molar-refractivity contribution is 7.10. The first-order chi connectivity index (χ1) is 7.31. The summed E-state index contributed by atoms with van der Waals surface area (Å²) in [5.41, 5.74) is 0. The van der Waals surface area contributed by atoms with Crippen LogP contribution in [0.15, 0.2) is 24.3 Å². The van der Waals surface area contributed by atoms with Crippen molar-refractivity contribution in [3.8, 4) is 24.7 Å². The van der Waals surface area contributed by atoms with E-state index in [4.69, 9.17) is 12.8 Å². The molecule has 0 aliphatic carbocycles. The molecule has 0 N–H and O–H groups in total. The molecule has 0 aliphatic rings. The highest BCUT2D eigenvalue weighted by Gasteiger charge is 2.19. The Bertz CT molecular complexity index is 498. The summed E-state index contributed by atoms with van der Waals surface area (Å²) in [5.74, 6) is 5.31. The largest absolute Gasteiger partial charge is 0.381 e. The predicted octanol–water partition coefficient (Wildman–Crippen LogP) is -0.0994. The second kappa shape index (κ2) is 4.85. The molecule has 2 heterocycles. The monoisotopic (exact) mass is 341 g/mol. The number of hydrogen-bond donors (Lipinski definition) is 0. The SMILES string of the molecule is C#Cc1ccc([I+]c2ccc(C#C)s2)s1. The van der Waals surface area contributed by atoms with E-state index in [0.29, 0.717) is 0 Å². The number of hydrogen-bond acceptors (Lipinski definition) is 2. The van der Waals surface area contributed by atoms with Crippen molar-refractivity contribution in [2.45, 2.75) is 0 Å². The maximum Gasteiger partial charge on any atom is 0.381 e. The number of rotatable bonds is 2. The van der Waals surface area contributed by atoms with Gasteiger partial charge in [0.05, 0.1) is 9.75 Å². The lowest BCUT2D eigenvalue weighted by Crippen LogP contribution is -3.61. The maximum absolute atomic E-state index is 5.33. The van der Waals surface area contributed by atoms with E-state index in [-0.39, 0.29) is 21.2 Å². The van der Waals surface area contributed by atoms with Crippen molar-refractivity contribution < 1.29 is 21.2 Å². The Morgan fingerprint density at radius 1 is 0.867 bits per heavy atom. The van der Waals surface area contributed by atoms with Gasteiger partial charge in [0.15, 0.2) is 0 Å². The third-order valence-electron chi connectivity index (χ3n) is 1.62. The second-order valence-corrected chi connectivity index (χ2v) is 9.09. The van der Waals surface area contributed by atoms with Gasteiger partial charge in [-0.25, -0.2) is 0 Å². The average molecular weight is 341 g/mol. The summed E-state index contributed by atoms with van der Waals surface area (Å²) in [6, 6.07) is 8.27. The molecule has 0 saturated heterocycles. The van der Waals surface area contributed by atoms with Gasteiger partial charge in [-0.3, -0.25) is 0 Å². The molecule has 3 heteroatoms. The Balaban J connectivity index is 2.16. The standard InChI is InChI=1S/C12H6IS2/c1-3-9-5-7-11(14-9)13-12-8-6-10(4-2)15-12/h1-2,5-8H/q+1. The van der Waals surface area contributed by atoms with Crippen LogP contribution in [0.4, 0.5) is 0 Å². The highest BCUT2D eigenvalue weighted by Crippen LogP contribution is 2.08. The molecule has 72 valence electrons. The summed E-state index contributed by atoms with van der Waals surface area (Å²) in [5, 5.41) is 0. The molecule has 0 aliphatic heterocycles. The lowest BCUT2D eigenvalue weighted by molar-refractivity contribution is -0.585. The van der Waals surface area contributed by atoms with Gasteiger partial charge in [0.2, 0.25) is 5.77 Å². The smallest absolute Gasteiger partial charge is 0.114 e. The molecule has 0 unspecified atom stereocenters. The summed E-state index contributed by atoms with van der Waals surface area (Å²) < 4.78 is 2.79. The Hall–Kier alpha value is -0.750. The molecule has 0 bridgehead atoms. The van der Waals surface area contributed by atoms with Crippen molar-refractivity contribution in [1.29, 1.82) is 0 Å². The van der Waals surface area contributed by atoms with Crippen LogP contribution in [0.5, 0.6) is 0 Å². The lowest BCUT2D eigenvalue weighted by atomic mass is 10.5. The summed E-state index contributed by atoms with van der Waals surface area (Å²) in [6.07, 6.45) is 10.7. The molecule has 2 aromatic heterocycles. The van der Waals surface area contributed by atoms with E-state index < -0.39 is 0 Å². The van der Waals surface area contributed by atoms with Crippen molar-refractivity contribution in [2.24, 2.45) is 0 Å². The first-order valence-electron chi connectivity index (χ1n) is 4.09. The molecule has 0 aromatic carbocycles. The fourth-order valence-electron chi connectivity index (χ4n) is 0.977. The highest BCUT2D eigenvalue weighted by atomic mass is 127. The average Bonchev–Trinajstić information content (AvgIpc) is 2.87. The van der Waals surface area contributed by atoms with Crippen LogP contribution < -0.4 is 21.2 Å². The minimum atomic E-state index is -0.0959. The van der Waals surface area contributed by atoms with Crippen LogP contribution in [0.3, 0.4) is 0 Å². The first-order valence-corrected chi connectivity index (χ1v) is 7.88. The van der Waals surface area contributed by atoms with Crippen molar-refractivity contribution in [2.75, 3.05) is 0 Å². The van der Waals surface area contributed by atoms with Crippen LogP contribution >= 0.6 is 22.7 Å². The molecular weight excluding hydrogens is 335 g/mol. The Kier molecular flexibility index (Phi) is 3.48. The van der Waals surface area contributed by atoms with E-state index in [2.05, 4.69) is 24.0 Å². The number of thiophene rings is 2. The molecule has 0 spiro atoms. The molecule has 2 rings (SSSR count).